The molecule has 0 radical (unpaired) electrons. The summed E-state index contributed by atoms with van der Waals surface area (Å²) in [7, 11) is 0. The number of nitrogen functional groups attached to an aromatic ring is 1. The number of thiophene rings is 1. The number of hydrogen-bond acceptors (Lipinski definition) is 5. The van der Waals surface area contributed by atoms with Crippen molar-refractivity contribution in [2.24, 2.45) is 0 Å². The zero-order valence-electron chi connectivity index (χ0n) is 10.9. The number of fused-ring (bicyclic) bond motifs is 1. The van der Waals surface area contributed by atoms with Crippen molar-refractivity contribution in [3.63, 3.8) is 0 Å². The molecule has 3 rings (SSSR count). The second-order valence-corrected chi connectivity index (χ2v) is 5.40. The molecule has 2 aromatic heterocycles. The van der Waals surface area contributed by atoms with E-state index in [1.807, 2.05) is 0 Å². The fraction of sp³-hybridized carbons (Fsp3) is 0.0714. The summed E-state index contributed by atoms with van der Waals surface area (Å²) >= 11 is 1.32. The van der Waals surface area contributed by atoms with Gasteiger partial charge in [-0.1, -0.05) is 0 Å². The van der Waals surface area contributed by atoms with Gasteiger partial charge in [-0.05, 0) is 35.7 Å². The van der Waals surface area contributed by atoms with Crippen molar-refractivity contribution in [3.8, 4) is 0 Å². The summed E-state index contributed by atoms with van der Waals surface area (Å²) in [6, 6.07) is 8.58. The van der Waals surface area contributed by atoms with Gasteiger partial charge in [0.2, 0.25) is 5.91 Å². The fourth-order valence-electron chi connectivity index (χ4n) is 1.91. The molecule has 21 heavy (non-hydrogen) atoms. The number of rotatable bonds is 3. The van der Waals surface area contributed by atoms with Crippen molar-refractivity contribution < 1.29 is 4.79 Å². The predicted molar refractivity (Wildman–Crippen MR) is 83.4 cm³/mol. The molecule has 6 nitrogen and oxygen atoms in total. The van der Waals surface area contributed by atoms with E-state index in [1.54, 1.807) is 35.7 Å². The molecule has 0 saturated heterocycles. The Morgan fingerprint density at radius 2 is 2.05 bits per heavy atom. The molecule has 7 heteroatoms. The maximum atomic E-state index is 12.2. The Balaban J connectivity index is 1.78. The van der Waals surface area contributed by atoms with Crippen LogP contribution in [0.15, 0.2) is 46.8 Å². The van der Waals surface area contributed by atoms with Crippen molar-refractivity contribution in [2.45, 2.75) is 6.54 Å². The van der Waals surface area contributed by atoms with Gasteiger partial charge in [-0.15, -0.1) is 11.3 Å². The number of nitrogens with two attached hydrogens (primary N) is 1. The van der Waals surface area contributed by atoms with Crippen LogP contribution in [0.3, 0.4) is 0 Å². The van der Waals surface area contributed by atoms with Crippen LogP contribution in [-0.4, -0.2) is 15.5 Å². The molecule has 0 unspecified atom stereocenters. The number of nitrogens with one attached hydrogen (secondary N) is 1. The van der Waals surface area contributed by atoms with E-state index in [0.29, 0.717) is 21.6 Å². The smallest absolute Gasteiger partial charge is 0.271 e. The van der Waals surface area contributed by atoms with Crippen LogP contribution in [0.2, 0.25) is 0 Å². The van der Waals surface area contributed by atoms with Gasteiger partial charge in [0.25, 0.3) is 5.56 Å². The van der Waals surface area contributed by atoms with E-state index < -0.39 is 0 Å². The summed E-state index contributed by atoms with van der Waals surface area (Å²) in [6.45, 7) is -0.0793. The summed E-state index contributed by atoms with van der Waals surface area (Å²) < 4.78 is 1.85. The molecule has 0 aliphatic rings. The van der Waals surface area contributed by atoms with E-state index in [4.69, 9.17) is 5.73 Å². The van der Waals surface area contributed by atoms with Crippen LogP contribution in [-0.2, 0) is 11.3 Å². The Labute approximate surface area is 123 Å². The van der Waals surface area contributed by atoms with Gasteiger partial charge >= 0.3 is 0 Å². The lowest BCUT2D eigenvalue weighted by Crippen LogP contribution is -2.27. The molecule has 3 N–H and O–H groups in total. The number of aromatic nitrogens is 2. The van der Waals surface area contributed by atoms with Crippen LogP contribution < -0.4 is 16.6 Å². The summed E-state index contributed by atoms with van der Waals surface area (Å²) in [5.41, 5.74) is 7.28. The molecule has 0 aliphatic carbocycles. The molecule has 3 aromatic rings. The normalized spacial score (nSPS) is 10.7. The first-order valence-electron chi connectivity index (χ1n) is 6.21. The predicted octanol–water partition coefficient (Wildman–Crippen LogP) is 1.68. The van der Waals surface area contributed by atoms with Crippen LogP contribution in [0.4, 0.5) is 11.4 Å². The molecule has 1 aromatic carbocycles. The van der Waals surface area contributed by atoms with E-state index in [9.17, 15) is 9.59 Å². The van der Waals surface area contributed by atoms with E-state index >= 15 is 0 Å². The molecular weight excluding hydrogens is 288 g/mol. The number of anilines is 2. The van der Waals surface area contributed by atoms with Gasteiger partial charge in [0.1, 0.15) is 11.2 Å². The van der Waals surface area contributed by atoms with Gasteiger partial charge in [0.05, 0.1) is 11.8 Å². The van der Waals surface area contributed by atoms with Gasteiger partial charge in [-0.3, -0.25) is 14.2 Å². The number of hydrogen-bond donors (Lipinski definition) is 2. The van der Waals surface area contributed by atoms with Crippen molar-refractivity contribution in [1.29, 1.82) is 0 Å². The summed E-state index contributed by atoms with van der Waals surface area (Å²) in [5, 5.41) is 4.51. The minimum atomic E-state index is -0.292. The molecule has 0 bridgehead atoms. The fourth-order valence-corrected chi connectivity index (χ4v) is 2.71. The quantitative estimate of drug-likeness (QED) is 0.720. The Morgan fingerprint density at radius 3 is 2.81 bits per heavy atom. The highest BCUT2D eigenvalue weighted by molar-refractivity contribution is 7.17. The molecule has 0 aliphatic heterocycles. The second kappa shape index (κ2) is 5.37. The van der Waals surface area contributed by atoms with Gasteiger partial charge in [-0.2, -0.15) is 0 Å². The number of amides is 1. The van der Waals surface area contributed by atoms with Crippen LogP contribution in [0.25, 0.3) is 10.2 Å². The first kappa shape index (κ1) is 13.3. The Morgan fingerprint density at radius 1 is 1.29 bits per heavy atom. The lowest BCUT2D eigenvalue weighted by molar-refractivity contribution is -0.116. The highest BCUT2D eigenvalue weighted by Crippen LogP contribution is 2.13. The number of carbonyl (C=O) groups is 1. The van der Waals surface area contributed by atoms with E-state index in [2.05, 4.69) is 10.3 Å². The lowest BCUT2D eigenvalue weighted by Gasteiger charge is -2.07. The molecule has 106 valence electrons. The topological polar surface area (TPSA) is 90.0 Å². The maximum absolute atomic E-state index is 12.2. The summed E-state index contributed by atoms with van der Waals surface area (Å²) in [5.74, 6) is -0.292. The van der Waals surface area contributed by atoms with Crippen LogP contribution in [0, 0.1) is 0 Å². The standard InChI is InChI=1S/C14H12N4O2S/c15-9-1-3-10(4-2-9)17-12(19)7-18-8-16-11-5-6-21-13(11)14(18)20/h1-6,8H,7,15H2,(H,17,19). The van der Waals surface area contributed by atoms with E-state index in [-0.39, 0.29) is 18.0 Å². The molecule has 0 spiro atoms. The molecule has 1 amide bonds. The first-order chi connectivity index (χ1) is 10.1. The van der Waals surface area contributed by atoms with Gasteiger partial charge in [-0.25, -0.2) is 4.98 Å². The van der Waals surface area contributed by atoms with Crippen LogP contribution in [0.1, 0.15) is 0 Å². The van der Waals surface area contributed by atoms with Crippen molar-refractivity contribution in [1.82, 2.24) is 9.55 Å². The maximum Gasteiger partial charge on any atom is 0.271 e. The average molecular weight is 300 g/mol. The third-order valence-corrected chi connectivity index (χ3v) is 3.84. The number of nitrogens with zero attached hydrogens (tertiary/aromatic N) is 2. The Bertz CT molecular complexity index is 851. The SMILES string of the molecule is Nc1ccc(NC(=O)Cn2cnc3ccsc3c2=O)cc1. The monoisotopic (exact) mass is 300 g/mol. The largest absolute Gasteiger partial charge is 0.399 e. The third-order valence-electron chi connectivity index (χ3n) is 2.94. The zero-order valence-corrected chi connectivity index (χ0v) is 11.8. The average Bonchev–Trinajstić information content (AvgIpc) is 2.94. The summed E-state index contributed by atoms with van der Waals surface area (Å²) in [4.78, 5) is 28.3. The van der Waals surface area contributed by atoms with Crippen molar-refractivity contribution in [3.05, 3.63) is 52.4 Å². The van der Waals surface area contributed by atoms with Crippen molar-refractivity contribution in [2.75, 3.05) is 11.1 Å². The Hall–Kier alpha value is -2.67. The molecule has 0 fully saturated rings. The van der Waals surface area contributed by atoms with Crippen LogP contribution >= 0.6 is 11.3 Å². The molecule has 0 saturated carbocycles. The lowest BCUT2D eigenvalue weighted by atomic mass is 10.3. The van der Waals surface area contributed by atoms with Crippen LogP contribution in [0.5, 0.6) is 0 Å². The highest BCUT2D eigenvalue weighted by atomic mass is 32.1. The number of carbonyl (C=O) groups excluding carboxylic acids is 1. The van der Waals surface area contributed by atoms with Crippen molar-refractivity contribution >= 4 is 38.8 Å². The van der Waals surface area contributed by atoms with Gasteiger partial charge < -0.3 is 11.1 Å². The minimum absolute atomic E-state index is 0.0793. The van der Waals surface area contributed by atoms with Gasteiger partial charge in [0.15, 0.2) is 0 Å². The molecule has 2 heterocycles. The Kier molecular flexibility index (Phi) is 3.41. The van der Waals surface area contributed by atoms with Gasteiger partial charge in [0, 0.05) is 11.4 Å². The van der Waals surface area contributed by atoms with E-state index in [0.717, 1.165) is 0 Å². The molecular formula is C14H12N4O2S. The third kappa shape index (κ3) is 2.77. The van der Waals surface area contributed by atoms with E-state index in [1.165, 1.54) is 22.2 Å². The minimum Gasteiger partial charge on any atom is -0.399 e. The second-order valence-electron chi connectivity index (χ2n) is 4.48. The number of benzene rings is 1. The molecule has 0 atom stereocenters. The first-order valence-corrected chi connectivity index (χ1v) is 7.09. The highest BCUT2D eigenvalue weighted by Gasteiger charge is 2.09. The zero-order chi connectivity index (χ0) is 14.8. The summed E-state index contributed by atoms with van der Waals surface area (Å²) in [6.07, 6.45) is 1.39.